The summed E-state index contributed by atoms with van der Waals surface area (Å²) in [6, 6.07) is 17.6. The fraction of sp³-hybridized carbons (Fsp3) is 0.0870. The first-order valence-corrected chi connectivity index (χ1v) is 9.52. The van der Waals surface area contributed by atoms with Gasteiger partial charge in [-0.15, -0.1) is 0 Å². The van der Waals surface area contributed by atoms with Gasteiger partial charge in [-0.3, -0.25) is 9.59 Å². The van der Waals surface area contributed by atoms with E-state index in [0.717, 1.165) is 12.1 Å². The van der Waals surface area contributed by atoms with E-state index in [1.807, 2.05) is 0 Å². The molecule has 0 fully saturated rings. The Kier molecular flexibility index (Phi) is 5.63. The third-order valence-corrected chi connectivity index (χ3v) is 4.67. The number of anilines is 2. The molecular weight excluding hydrogens is 423 g/mol. The van der Waals surface area contributed by atoms with Crippen molar-refractivity contribution in [1.82, 2.24) is 5.16 Å². The summed E-state index contributed by atoms with van der Waals surface area (Å²) in [5, 5.41) is 9.71. The van der Waals surface area contributed by atoms with Gasteiger partial charge in [-0.25, -0.2) is 0 Å². The first kappa shape index (κ1) is 21.1. The van der Waals surface area contributed by atoms with Crippen molar-refractivity contribution >= 4 is 34.2 Å². The second-order valence-electron chi connectivity index (χ2n) is 6.93. The molecule has 1 aromatic heterocycles. The molecule has 6 nitrogen and oxygen atoms in total. The number of hydrogen-bond donors (Lipinski definition) is 2. The number of aromatic nitrogens is 1. The fourth-order valence-corrected chi connectivity index (χ4v) is 3.17. The summed E-state index contributed by atoms with van der Waals surface area (Å²) in [6.45, 7) is 0. The summed E-state index contributed by atoms with van der Waals surface area (Å²) in [4.78, 5) is 25.3. The van der Waals surface area contributed by atoms with Crippen LogP contribution < -0.4 is 10.6 Å². The minimum atomic E-state index is -4.53. The van der Waals surface area contributed by atoms with E-state index in [4.69, 9.17) is 4.52 Å². The van der Waals surface area contributed by atoms with Gasteiger partial charge in [-0.2, -0.15) is 13.2 Å². The van der Waals surface area contributed by atoms with Crippen LogP contribution in [0, 0.1) is 0 Å². The molecule has 2 N–H and O–H groups in total. The molecule has 0 atom stereocenters. The van der Waals surface area contributed by atoms with Gasteiger partial charge in [0.1, 0.15) is 5.69 Å². The number of carbonyl (C=O) groups excluding carboxylic acids is 2. The topological polar surface area (TPSA) is 84.2 Å². The minimum Gasteiger partial charge on any atom is -0.356 e. The first-order chi connectivity index (χ1) is 15.3. The highest BCUT2D eigenvalue weighted by molar-refractivity contribution is 6.10. The Hall–Kier alpha value is -4.14. The number of carbonyl (C=O) groups is 2. The summed E-state index contributed by atoms with van der Waals surface area (Å²) < 4.78 is 43.9. The van der Waals surface area contributed by atoms with Crippen LogP contribution in [0.3, 0.4) is 0 Å². The Morgan fingerprint density at radius 2 is 1.66 bits per heavy atom. The zero-order valence-electron chi connectivity index (χ0n) is 16.4. The van der Waals surface area contributed by atoms with Gasteiger partial charge in [0, 0.05) is 11.1 Å². The van der Waals surface area contributed by atoms with Crippen molar-refractivity contribution in [2.75, 3.05) is 10.6 Å². The van der Waals surface area contributed by atoms with Crippen LogP contribution in [0.25, 0.3) is 11.0 Å². The Morgan fingerprint density at radius 1 is 0.906 bits per heavy atom. The van der Waals surface area contributed by atoms with Gasteiger partial charge in [-0.05, 0) is 42.5 Å². The third-order valence-electron chi connectivity index (χ3n) is 4.67. The Labute approximate surface area is 180 Å². The van der Waals surface area contributed by atoms with E-state index in [9.17, 15) is 22.8 Å². The van der Waals surface area contributed by atoms with E-state index in [1.165, 1.54) is 24.3 Å². The summed E-state index contributed by atoms with van der Waals surface area (Å²) in [5.41, 5.74) is 0.426. The second kappa shape index (κ2) is 8.54. The first-order valence-electron chi connectivity index (χ1n) is 9.52. The maximum atomic E-state index is 12.9. The molecule has 0 aliphatic rings. The number of fused-ring (bicyclic) bond motifs is 1. The van der Waals surface area contributed by atoms with Crippen LogP contribution in [0.4, 0.5) is 24.5 Å². The molecule has 0 bridgehead atoms. The molecule has 0 spiro atoms. The maximum Gasteiger partial charge on any atom is 0.416 e. The van der Waals surface area contributed by atoms with E-state index in [1.54, 1.807) is 36.4 Å². The lowest BCUT2D eigenvalue weighted by molar-refractivity contribution is -0.137. The minimum absolute atomic E-state index is 0.0139. The van der Waals surface area contributed by atoms with Gasteiger partial charge in [-0.1, -0.05) is 35.5 Å². The molecule has 4 rings (SSSR count). The standard InChI is InChI=1S/C23H16F3N3O3/c24-23(25,26)14-6-5-7-15(12-14)27-22(31)17-9-1-3-10-18(17)28-21(30)13-19-16-8-2-4-11-20(16)32-29-19/h1-12H,13H2,(H,27,31)(H,28,30). The highest BCUT2D eigenvalue weighted by Crippen LogP contribution is 2.31. The number of nitrogens with one attached hydrogen (secondary N) is 2. The highest BCUT2D eigenvalue weighted by atomic mass is 19.4. The lowest BCUT2D eigenvalue weighted by atomic mass is 10.1. The number of rotatable bonds is 5. The molecule has 9 heteroatoms. The Morgan fingerprint density at radius 3 is 2.47 bits per heavy atom. The summed E-state index contributed by atoms with van der Waals surface area (Å²) >= 11 is 0. The number of para-hydroxylation sites is 2. The van der Waals surface area contributed by atoms with Gasteiger partial charge >= 0.3 is 6.18 Å². The number of benzene rings is 3. The second-order valence-corrected chi connectivity index (χ2v) is 6.93. The summed E-state index contributed by atoms with van der Waals surface area (Å²) in [5.74, 6) is -1.09. The quantitative estimate of drug-likeness (QED) is 0.443. The van der Waals surface area contributed by atoms with Crippen molar-refractivity contribution in [3.8, 4) is 0 Å². The summed E-state index contributed by atoms with van der Waals surface area (Å²) in [7, 11) is 0. The van der Waals surface area contributed by atoms with E-state index >= 15 is 0 Å². The van der Waals surface area contributed by atoms with Crippen LogP contribution >= 0.6 is 0 Å². The summed E-state index contributed by atoms with van der Waals surface area (Å²) in [6.07, 6.45) is -4.61. The highest BCUT2D eigenvalue weighted by Gasteiger charge is 2.30. The van der Waals surface area contributed by atoms with Crippen LogP contribution in [-0.2, 0) is 17.4 Å². The molecular formula is C23H16F3N3O3. The molecule has 1 heterocycles. The van der Waals surface area contributed by atoms with Gasteiger partial charge in [0.15, 0.2) is 5.58 Å². The van der Waals surface area contributed by atoms with Crippen LogP contribution in [0.2, 0.25) is 0 Å². The largest absolute Gasteiger partial charge is 0.416 e. The molecule has 0 saturated heterocycles. The number of hydrogen-bond acceptors (Lipinski definition) is 4. The molecule has 32 heavy (non-hydrogen) atoms. The molecule has 0 saturated carbocycles. The zero-order chi connectivity index (χ0) is 22.7. The van der Waals surface area contributed by atoms with Gasteiger partial charge in [0.2, 0.25) is 5.91 Å². The predicted octanol–water partition coefficient (Wildman–Crippen LogP) is 5.28. The molecule has 162 valence electrons. The van der Waals surface area contributed by atoms with Crippen molar-refractivity contribution in [3.05, 3.63) is 89.6 Å². The van der Waals surface area contributed by atoms with Crippen LogP contribution in [-0.4, -0.2) is 17.0 Å². The van der Waals surface area contributed by atoms with Crippen molar-refractivity contribution in [3.63, 3.8) is 0 Å². The average molecular weight is 439 g/mol. The number of alkyl halides is 3. The molecule has 0 aliphatic carbocycles. The number of nitrogens with zero attached hydrogens (tertiary/aromatic N) is 1. The third kappa shape index (κ3) is 4.61. The van der Waals surface area contributed by atoms with E-state index in [0.29, 0.717) is 16.7 Å². The molecule has 0 radical (unpaired) electrons. The Balaban J connectivity index is 1.50. The average Bonchev–Trinajstić information content (AvgIpc) is 3.16. The van der Waals surface area contributed by atoms with Crippen LogP contribution in [0.5, 0.6) is 0 Å². The van der Waals surface area contributed by atoms with Gasteiger partial charge in [0.05, 0.1) is 23.2 Å². The smallest absolute Gasteiger partial charge is 0.356 e. The maximum absolute atomic E-state index is 12.9. The number of halogens is 3. The predicted molar refractivity (Wildman–Crippen MR) is 112 cm³/mol. The monoisotopic (exact) mass is 439 g/mol. The lowest BCUT2D eigenvalue weighted by Gasteiger charge is -2.12. The Bertz CT molecular complexity index is 1300. The van der Waals surface area contributed by atoms with Gasteiger partial charge in [0.25, 0.3) is 5.91 Å². The zero-order valence-corrected chi connectivity index (χ0v) is 16.4. The normalized spacial score (nSPS) is 11.3. The SMILES string of the molecule is O=C(Cc1noc2ccccc12)Nc1ccccc1C(=O)Nc1cccc(C(F)(F)F)c1. The molecule has 2 amide bonds. The van der Waals surface area contributed by atoms with Crippen molar-refractivity contribution < 1.29 is 27.3 Å². The van der Waals surface area contributed by atoms with Crippen LogP contribution in [0.15, 0.2) is 77.3 Å². The van der Waals surface area contributed by atoms with E-state index < -0.39 is 23.6 Å². The molecule has 0 aliphatic heterocycles. The van der Waals surface area contributed by atoms with Crippen molar-refractivity contribution in [1.29, 1.82) is 0 Å². The van der Waals surface area contributed by atoms with Gasteiger partial charge < -0.3 is 15.2 Å². The number of amides is 2. The van der Waals surface area contributed by atoms with E-state index in [-0.39, 0.29) is 23.4 Å². The lowest BCUT2D eigenvalue weighted by Crippen LogP contribution is -2.19. The van der Waals surface area contributed by atoms with Crippen molar-refractivity contribution in [2.24, 2.45) is 0 Å². The molecule has 3 aromatic carbocycles. The van der Waals surface area contributed by atoms with E-state index in [2.05, 4.69) is 15.8 Å². The van der Waals surface area contributed by atoms with Crippen molar-refractivity contribution in [2.45, 2.75) is 12.6 Å². The fourth-order valence-electron chi connectivity index (χ4n) is 3.17. The molecule has 4 aromatic rings. The van der Waals surface area contributed by atoms with Crippen LogP contribution in [0.1, 0.15) is 21.6 Å². The molecule has 0 unspecified atom stereocenters.